The predicted octanol–water partition coefficient (Wildman–Crippen LogP) is 1.88. The van der Waals surface area contributed by atoms with E-state index < -0.39 is 0 Å². The highest BCUT2D eigenvalue weighted by atomic mass is 16.5. The molecule has 4 heteroatoms. The lowest BCUT2D eigenvalue weighted by Gasteiger charge is -2.34. The second-order valence-corrected chi connectivity index (χ2v) is 4.82. The molecule has 0 radical (unpaired) electrons. The Hall–Kier alpha value is -1.26. The molecule has 1 aliphatic carbocycles. The van der Waals surface area contributed by atoms with Crippen LogP contribution >= 0.6 is 0 Å². The highest BCUT2D eigenvalue weighted by Gasteiger charge is 2.28. The minimum Gasteiger partial charge on any atom is -0.497 e. The first kappa shape index (κ1) is 13.2. The number of hydrogen-bond acceptors (Lipinski definition) is 4. The number of aliphatic hydroxyl groups is 1. The van der Waals surface area contributed by atoms with E-state index in [1.54, 1.807) is 14.2 Å². The largest absolute Gasteiger partial charge is 0.497 e. The standard InChI is InChI=1S/C14H21NO3/c1-9(15-10-6-11(16)7-10)13-5-4-12(17-2)8-14(13)18-3/h4-5,8-11,15-16H,6-7H2,1-3H3. The SMILES string of the molecule is COc1ccc(C(C)NC2CC(O)C2)c(OC)c1. The van der Waals surface area contributed by atoms with Crippen molar-refractivity contribution in [2.24, 2.45) is 0 Å². The van der Waals surface area contributed by atoms with Crippen LogP contribution in [0, 0.1) is 0 Å². The molecule has 0 saturated heterocycles. The third-order valence-corrected chi connectivity index (χ3v) is 3.51. The normalized spacial score (nSPS) is 24.2. The van der Waals surface area contributed by atoms with Gasteiger partial charge in [-0.25, -0.2) is 0 Å². The maximum absolute atomic E-state index is 9.29. The van der Waals surface area contributed by atoms with Crippen molar-refractivity contribution in [3.05, 3.63) is 23.8 Å². The van der Waals surface area contributed by atoms with Gasteiger partial charge in [-0.3, -0.25) is 0 Å². The van der Waals surface area contributed by atoms with Gasteiger partial charge < -0.3 is 19.9 Å². The van der Waals surface area contributed by atoms with Crippen molar-refractivity contribution in [3.8, 4) is 11.5 Å². The van der Waals surface area contributed by atoms with Crippen LogP contribution in [0.3, 0.4) is 0 Å². The molecule has 0 heterocycles. The summed E-state index contributed by atoms with van der Waals surface area (Å²) < 4.78 is 10.6. The summed E-state index contributed by atoms with van der Waals surface area (Å²) in [5.41, 5.74) is 1.11. The van der Waals surface area contributed by atoms with Gasteiger partial charge in [0.2, 0.25) is 0 Å². The summed E-state index contributed by atoms with van der Waals surface area (Å²) in [7, 11) is 3.31. The summed E-state index contributed by atoms with van der Waals surface area (Å²) in [6, 6.07) is 6.45. The summed E-state index contributed by atoms with van der Waals surface area (Å²) in [6.07, 6.45) is 1.54. The average Bonchev–Trinajstić information content (AvgIpc) is 2.36. The summed E-state index contributed by atoms with van der Waals surface area (Å²) >= 11 is 0. The van der Waals surface area contributed by atoms with Crippen molar-refractivity contribution >= 4 is 0 Å². The topological polar surface area (TPSA) is 50.7 Å². The summed E-state index contributed by atoms with van der Waals surface area (Å²) in [6.45, 7) is 2.11. The number of methoxy groups -OCH3 is 2. The highest BCUT2D eigenvalue weighted by molar-refractivity contribution is 5.42. The van der Waals surface area contributed by atoms with Gasteiger partial charge in [-0.1, -0.05) is 6.07 Å². The third-order valence-electron chi connectivity index (χ3n) is 3.51. The Balaban J connectivity index is 2.06. The van der Waals surface area contributed by atoms with Crippen LogP contribution in [-0.4, -0.2) is 31.5 Å². The summed E-state index contributed by atoms with van der Waals surface area (Å²) in [4.78, 5) is 0. The van der Waals surface area contributed by atoms with Gasteiger partial charge in [0.1, 0.15) is 11.5 Å². The van der Waals surface area contributed by atoms with Gasteiger partial charge in [-0.05, 0) is 25.8 Å². The van der Waals surface area contributed by atoms with Gasteiger partial charge >= 0.3 is 0 Å². The van der Waals surface area contributed by atoms with E-state index in [-0.39, 0.29) is 12.1 Å². The van der Waals surface area contributed by atoms with Crippen LogP contribution in [0.1, 0.15) is 31.4 Å². The van der Waals surface area contributed by atoms with Crippen LogP contribution in [0.4, 0.5) is 0 Å². The molecular formula is C14H21NO3. The quantitative estimate of drug-likeness (QED) is 0.839. The summed E-state index contributed by atoms with van der Waals surface area (Å²) in [5, 5.41) is 12.8. The molecule has 2 rings (SSSR count). The van der Waals surface area contributed by atoms with Gasteiger partial charge in [0.05, 0.1) is 20.3 Å². The highest BCUT2D eigenvalue weighted by Crippen LogP contribution is 2.31. The van der Waals surface area contributed by atoms with Crippen LogP contribution in [0.25, 0.3) is 0 Å². The number of aliphatic hydroxyl groups excluding tert-OH is 1. The minimum absolute atomic E-state index is 0.132. The first-order valence-corrected chi connectivity index (χ1v) is 6.30. The Labute approximate surface area is 108 Å². The van der Waals surface area contributed by atoms with Crippen molar-refractivity contribution in [1.82, 2.24) is 5.32 Å². The zero-order valence-electron chi connectivity index (χ0n) is 11.1. The zero-order chi connectivity index (χ0) is 13.1. The molecule has 100 valence electrons. The molecule has 1 atom stereocenters. The molecule has 1 aromatic rings. The lowest BCUT2D eigenvalue weighted by Crippen LogP contribution is -2.45. The van der Waals surface area contributed by atoms with E-state index in [2.05, 4.69) is 12.2 Å². The van der Waals surface area contributed by atoms with Crippen LogP contribution < -0.4 is 14.8 Å². The van der Waals surface area contributed by atoms with Crippen molar-refractivity contribution in [3.63, 3.8) is 0 Å². The Bertz CT molecular complexity index is 402. The van der Waals surface area contributed by atoms with Crippen molar-refractivity contribution < 1.29 is 14.6 Å². The first-order valence-electron chi connectivity index (χ1n) is 6.30. The summed E-state index contributed by atoms with van der Waals surface area (Å²) in [5.74, 6) is 1.62. The third kappa shape index (κ3) is 2.76. The van der Waals surface area contributed by atoms with Crippen LogP contribution in [0.5, 0.6) is 11.5 Å². The number of nitrogens with one attached hydrogen (secondary N) is 1. The van der Waals surface area contributed by atoms with Gasteiger partial charge in [-0.15, -0.1) is 0 Å². The monoisotopic (exact) mass is 251 g/mol. The lowest BCUT2D eigenvalue weighted by atomic mass is 9.88. The number of rotatable bonds is 5. The van der Waals surface area contributed by atoms with Crippen LogP contribution in [-0.2, 0) is 0 Å². The number of hydrogen-bond donors (Lipinski definition) is 2. The lowest BCUT2D eigenvalue weighted by molar-refractivity contribution is 0.0584. The average molecular weight is 251 g/mol. The molecule has 0 aliphatic heterocycles. The number of ether oxygens (including phenoxy) is 2. The van der Waals surface area contributed by atoms with E-state index in [4.69, 9.17) is 9.47 Å². The van der Waals surface area contributed by atoms with Crippen molar-refractivity contribution in [1.29, 1.82) is 0 Å². The Morgan fingerprint density at radius 3 is 2.56 bits per heavy atom. The minimum atomic E-state index is -0.132. The fraction of sp³-hybridized carbons (Fsp3) is 0.571. The molecule has 18 heavy (non-hydrogen) atoms. The fourth-order valence-corrected chi connectivity index (χ4v) is 2.34. The maximum Gasteiger partial charge on any atom is 0.127 e. The zero-order valence-corrected chi connectivity index (χ0v) is 11.1. The second kappa shape index (κ2) is 5.59. The Kier molecular flexibility index (Phi) is 4.09. The molecule has 4 nitrogen and oxygen atoms in total. The maximum atomic E-state index is 9.29. The Morgan fingerprint density at radius 1 is 1.28 bits per heavy atom. The van der Waals surface area contributed by atoms with Crippen LogP contribution in [0.15, 0.2) is 18.2 Å². The molecule has 2 N–H and O–H groups in total. The smallest absolute Gasteiger partial charge is 0.127 e. The molecule has 1 fully saturated rings. The first-order chi connectivity index (χ1) is 8.63. The van der Waals surface area contributed by atoms with Gasteiger partial charge in [0.25, 0.3) is 0 Å². The van der Waals surface area contributed by atoms with E-state index in [1.165, 1.54) is 0 Å². The molecule has 1 saturated carbocycles. The van der Waals surface area contributed by atoms with Crippen molar-refractivity contribution in [2.45, 2.75) is 38.0 Å². The second-order valence-electron chi connectivity index (χ2n) is 4.82. The fourth-order valence-electron chi connectivity index (χ4n) is 2.34. The molecule has 1 aromatic carbocycles. The van der Waals surface area contributed by atoms with Gasteiger partial charge in [0.15, 0.2) is 0 Å². The molecule has 1 aliphatic rings. The van der Waals surface area contributed by atoms with E-state index in [0.717, 1.165) is 29.9 Å². The van der Waals surface area contributed by atoms with Gasteiger partial charge in [-0.2, -0.15) is 0 Å². The van der Waals surface area contributed by atoms with Gasteiger partial charge in [0, 0.05) is 23.7 Å². The molecule has 0 aromatic heterocycles. The molecule has 0 amide bonds. The molecular weight excluding hydrogens is 230 g/mol. The van der Waals surface area contributed by atoms with Crippen LogP contribution in [0.2, 0.25) is 0 Å². The van der Waals surface area contributed by atoms with E-state index in [9.17, 15) is 5.11 Å². The van der Waals surface area contributed by atoms with E-state index in [0.29, 0.717) is 6.04 Å². The number of benzene rings is 1. The Morgan fingerprint density at radius 2 is 2.00 bits per heavy atom. The van der Waals surface area contributed by atoms with E-state index in [1.807, 2.05) is 18.2 Å². The van der Waals surface area contributed by atoms with E-state index >= 15 is 0 Å². The van der Waals surface area contributed by atoms with Crippen molar-refractivity contribution in [2.75, 3.05) is 14.2 Å². The molecule has 0 bridgehead atoms. The predicted molar refractivity (Wildman–Crippen MR) is 70.1 cm³/mol. The molecule has 0 spiro atoms. The molecule has 1 unspecified atom stereocenters.